The van der Waals surface area contributed by atoms with Crippen molar-refractivity contribution in [2.24, 2.45) is 5.92 Å². The molecule has 0 aromatic heterocycles. The molecule has 98 valence electrons. The first-order chi connectivity index (χ1) is 8.11. The van der Waals surface area contributed by atoms with Crippen LogP contribution in [0.1, 0.15) is 39.0 Å². The van der Waals surface area contributed by atoms with Gasteiger partial charge in [-0.15, -0.1) is 0 Å². The number of carboxylic acid groups (broad SMARTS) is 1. The van der Waals surface area contributed by atoms with Gasteiger partial charge in [-0.2, -0.15) is 11.8 Å². The maximum atomic E-state index is 11.8. The SMILES string of the molecule is CCC(CC(=O)O)NC(=O)CC1CCSCC1. The molecule has 4 nitrogen and oxygen atoms in total. The van der Waals surface area contributed by atoms with Crippen molar-refractivity contribution in [3.05, 3.63) is 0 Å². The number of carbonyl (C=O) groups excluding carboxylic acids is 1. The summed E-state index contributed by atoms with van der Waals surface area (Å²) in [6, 6.07) is -0.224. The molecule has 5 heteroatoms. The van der Waals surface area contributed by atoms with Crippen LogP contribution >= 0.6 is 11.8 Å². The van der Waals surface area contributed by atoms with Crippen LogP contribution in [0.3, 0.4) is 0 Å². The van der Waals surface area contributed by atoms with Crippen molar-refractivity contribution >= 4 is 23.6 Å². The molecule has 1 aliphatic heterocycles. The van der Waals surface area contributed by atoms with Gasteiger partial charge in [0.15, 0.2) is 0 Å². The molecule has 0 radical (unpaired) electrons. The first-order valence-corrected chi connectivity index (χ1v) is 7.36. The maximum absolute atomic E-state index is 11.8. The molecular weight excluding hydrogens is 238 g/mol. The van der Waals surface area contributed by atoms with Crippen LogP contribution in [0.15, 0.2) is 0 Å². The molecule has 0 bridgehead atoms. The summed E-state index contributed by atoms with van der Waals surface area (Å²) >= 11 is 1.94. The Labute approximate surface area is 107 Å². The second-order valence-corrected chi connectivity index (χ2v) is 5.76. The van der Waals surface area contributed by atoms with Crippen LogP contribution in [0.25, 0.3) is 0 Å². The van der Waals surface area contributed by atoms with Crippen LogP contribution in [0.2, 0.25) is 0 Å². The van der Waals surface area contributed by atoms with E-state index in [2.05, 4.69) is 5.32 Å². The minimum atomic E-state index is -0.855. The number of amides is 1. The number of rotatable bonds is 6. The van der Waals surface area contributed by atoms with Crippen LogP contribution < -0.4 is 5.32 Å². The molecule has 1 amide bonds. The summed E-state index contributed by atoms with van der Waals surface area (Å²) in [4.78, 5) is 22.3. The van der Waals surface area contributed by atoms with Crippen molar-refractivity contribution in [1.29, 1.82) is 0 Å². The number of thioether (sulfide) groups is 1. The zero-order valence-electron chi connectivity index (χ0n) is 10.3. The lowest BCUT2D eigenvalue weighted by molar-refractivity contribution is -0.137. The largest absolute Gasteiger partial charge is 0.481 e. The Morgan fingerprint density at radius 2 is 2.06 bits per heavy atom. The summed E-state index contributed by atoms with van der Waals surface area (Å²) in [5.41, 5.74) is 0. The Hall–Kier alpha value is -0.710. The van der Waals surface area contributed by atoms with Crippen molar-refractivity contribution in [3.8, 4) is 0 Å². The summed E-state index contributed by atoms with van der Waals surface area (Å²) in [6.07, 6.45) is 3.44. The molecule has 1 saturated heterocycles. The molecule has 1 fully saturated rings. The molecule has 1 rings (SSSR count). The van der Waals surface area contributed by atoms with E-state index < -0.39 is 5.97 Å². The van der Waals surface area contributed by atoms with E-state index in [1.807, 2.05) is 18.7 Å². The third-order valence-electron chi connectivity index (χ3n) is 3.09. The van der Waals surface area contributed by atoms with Gasteiger partial charge in [-0.3, -0.25) is 9.59 Å². The van der Waals surface area contributed by atoms with Crippen LogP contribution in [0, 0.1) is 5.92 Å². The fourth-order valence-electron chi connectivity index (χ4n) is 2.01. The topological polar surface area (TPSA) is 66.4 Å². The van der Waals surface area contributed by atoms with E-state index in [1.165, 1.54) is 0 Å². The minimum Gasteiger partial charge on any atom is -0.481 e. The molecule has 1 heterocycles. The molecule has 0 spiro atoms. The average molecular weight is 259 g/mol. The predicted octanol–water partition coefficient (Wildman–Crippen LogP) is 1.89. The zero-order valence-corrected chi connectivity index (χ0v) is 11.1. The Kier molecular flexibility index (Phi) is 6.40. The lowest BCUT2D eigenvalue weighted by atomic mass is 9.98. The molecule has 0 aromatic carbocycles. The van der Waals surface area contributed by atoms with Gasteiger partial charge in [0.05, 0.1) is 6.42 Å². The molecule has 2 N–H and O–H groups in total. The molecule has 1 atom stereocenters. The van der Waals surface area contributed by atoms with E-state index in [4.69, 9.17) is 5.11 Å². The van der Waals surface area contributed by atoms with E-state index in [0.29, 0.717) is 18.8 Å². The summed E-state index contributed by atoms with van der Waals surface area (Å²) < 4.78 is 0. The van der Waals surface area contributed by atoms with Gasteiger partial charge in [-0.1, -0.05) is 6.92 Å². The quantitative estimate of drug-likeness (QED) is 0.764. The van der Waals surface area contributed by atoms with Gasteiger partial charge in [0, 0.05) is 12.5 Å². The third-order valence-corrected chi connectivity index (χ3v) is 4.14. The monoisotopic (exact) mass is 259 g/mol. The Morgan fingerprint density at radius 1 is 1.41 bits per heavy atom. The standard InChI is InChI=1S/C12H21NO3S/c1-2-10(8-12(15)16)13-11(14)7-9-3-5-17-6-4-9/h9-10H,2-8H2,1H3,(H,13,14)(H,15,16). The highest BCUT2D eigenvalue weighted by Gasteiger charge is 2.19. The maximum Gasteiger partial charge on any atom is 0.305 e. The smallest absolute Gasteiger partial charge is 0.305 e. The number of carboxylic acids is 1. The Morgan fingerprint density at radius 3 is 2.59 bits per heavy atom. The van der Waals surface area contributed by atoms with E-state index in [0.717, 1.165) is 24.3 Å². The lowest BCUT2D eigenvalue weighted by Crippen LogP contribution is -2.37. The van der Waals surface area contributed by atoms with E-state index in [-0.39, 0.29) is 18.4 Å². The highest BCUT2D eigenvalue weighted by Crippen LogP contribution is 2.25. The van der Waals surface area contributed by atoms with Crippen molar-refractivity contribution in [1.82, 2.24) is 5.32 Å². The van der Waals surface area contributed by atoms with Gasteiger partial charge < -0.3 is 10.4 Å². The molecular formula is C12H21NO3S. The van der Waals surface area contributed by atoms with E-state index in [1.54, 1.807) is 0 Å². The van der Waals surface area contributed by atoms with Crippen molar-refractivity contribution in [2.75, 3.05) is 11.5 Å². The highest BCUT2D eigenvalue weighted by atomic mass is 32.2. The fourth-order valence-corrected chi connectivity index (χ4v) is 3.21. The van der Waals surface area contributed by atoms with E-state index in [9.17, 15) is 9.59 Å². The van der Waals surface area contributed by atoms with Crippen LogP contribution in [-0.4, -0.2) is 34.5 Å². The Bertz CT molecular complexity index is 264. The number of carbonyl (C=O) groups is 2. The van der Waals surface area contributed by atoms with Gasteiger partial charge in [0.25, 0.3) is 0 Å². The highest BCUT2D eigenvalue weighted by molar-refractivity contribution is 7.99. The van der Waals surface area contributed by atoms with Gasteiger partial charge >= 0.3 is 5.97 Å². The molecule has 0 saturated carbocycles. The van der Waals surface area contributed by atoms with Crippen LogP contribution in [0.4, 0.5) is 0 Å². The third kappa shape index (κ3) is 5.96. The average Bonchev–Trinajstić information content (AvgIpc) is 2.28. The van der Waals surface area contributed by atoms with Crippen LogP contribution in [0.5, 0.6) is 0 Å². The number of aliphatic carboxylic acids is 1. The summed E-state index contributed by atoms with van der Waals surface area (Å²) in [7, 11) is 0. The lowest BCUT2D eigenvalue weighted by Gasteiger charge is -2.22. The number of hydrogen-bond acceptors (Lipinski definition) is 3. The zero-order chi connectivity index (χ0) is 12.7. The second kappa shape index (κ2) is 7.58. The first-order valence-electron chi connectivity index (χ1n) is 6.20. The molecule has 1 unspecified atom stereocenters. The molecule has 0 aromatic rings. The Balaban J connectivity index is 2.28. The summed E-state index contributed by atoms with van der Waals surface area (Å²) in [6.45, 7) is 1.89. The molecule has 1 aliphatic rings. The van der Waals surface area contributed by atoms with Gasteiger partial charge in [0.1, 0.15) is 0 Å². The van der Waals surface area contributed by atoms with Crippen molar-refractivity contribution < 1.29 is 14.7 Å². The second-order valence-electron chi connectivity index (χ2n) is 4.53. The van der Waals surface area contributed by atoms with Gasteiger partial charge in [0.2, 0.25) is 5.91 Å². The summed E-state index contributed by atoms with van der Waals surface area (Å²) in [5, 5.41) is 11.5. The number of hydrogen-bond donors (Lipinski definition) is 2. The first kappa shape index (κ1) is 14.4. The van der Waals surface area contributed by atoms with Crippen molar-refractivity contribution in [2.45, 2.75) is 45.1 Å². The number of nitrogens with one attached hydrogen (secondary N) is 1. The van der Waals surface area contributed by atoms with Crippen molar-refractivity contribution in [3.63, 3.8) is 0 Å². The minimum absolute atomic E-state index is 0.00926. The predicted molar refractivity (Wildman–Crippen MR) is 69.1 cm³/mol. The fraction of sp³-hybridized carbons (Fsp3) is 0.833. The van der Waals surface area contributed by atoms with Gasteiger partial charge in [-0.05, 0) is 36.7 Å². The molecule has 17 heavy (non-hydrogen) atoms. The summed E-state index contributed by atoms with van der Waals surface area (Å²) in [5.74, 6) is 1.92. The molecule has 0 aliphatic carbocycles. The van der Waals surface area contributed by atoms with E-state index >= 15 is 0 Å². The van der Waals surface area contributed by atoms with Gasteiger partial charge in [-0.25, -0.2) is 0 Å². The van der Waals surface area contributed by atoms with Crippen LogP contribution in [-0.2, 0) is 9.59 Å². The normalized spacial score (nSPS) is 18.6.